The maximum absolute atomic E-state index is 13.0. The molecular weight excluding hydrogens is 784 g/mol. The molecule has 0 aromatic heterocycles. The van der Waals surface area contributed by atoms with Gasteiger partial charge in [-0.1, -0.05) is 158 Å². The fourth-order valence-electron chi connectivity index (χ4n) is 7.24. The number of unbranched alkanes of at least 4 members (excludes halogenated alkanes) is 22. The van der Waals surface area contributed by atoms with Crippen LogP contribution in [-0.2, 0) is 19.1 Å². The molecule has 2 amide bonds. The van der Waals surface area contributed by atoms with Gasteiger partial charge in [-0.25, -0.2) is 0 Å². The highest BCUT2D eigenvalue weighted by molar-refractivity contribution is 9.09. The second-order valence-electron chi connectivity index (χ2n) is 16.1. The van der Waals surface area contributed by atoms with Gasteiger partial charge in [-0.3, -0.25) is 9.59 Å². The molecule has 0 saturated carbocycles. The largest absolute Gasteiger partial charge is 0.394 e. The highest BCUT2D eigenvalue weighted by Crippen LogP contribution is 2.23. The van der Waals surface area contributed by atoms with Crippen molar-refractivity contribution in [3.63, 3.8) is 0 Å². The maximum atomic E-state index is 13.0. The molecule has 1 fully saturated rings. The second-order valence-corrected chi connectivity index (χ2v) is 16.9. The van der Waals surface area contributed by atoms with Crippen LogP contribution >= 0.6 is 15.9 Å². The van der Waals surface area contributed by atoms with Gasteiger partial charge < -0.3 is 50.7 Å². The van der Waals surface area contributed by atoms with Gasteiger partial charge in [0.2, 0.25) is 11.8 Å². The fourth-order valence-corrected chi connectivity index (χ4v) is 7.64. The number of hydrogen-bond donors (Lipinski definition) is 8. The predicted octanol–water partition coefficient (Wildman–Crippen LogP) is 6.46. The van der Waals surface area contributed by atoms with Crippen molar-refractivity contribution in [3.8, 4) is 0 Å². The second kappa shape index (κ2) is 36.0. The Hall–Kier alpha value is -0.900. The number of alkyl halides is 1. The SMILES string of the molecule is CCCCCCCCCCCCCCC(O)C(O)C(CO[C@H]1O[C@H](CO)[C@H](O)[C@H](O)[C@H]1O)NC(=O)CCCCCCCCCCCNC(=O)CCCCCCBr. The summed E-state index contributed by atoms with van der Waals surface area (Å²) in [6.45, 7) is 2.05. The van der Waals surface area contributed by atoms with Crippen molar-refractivity contribution in [1.29, 1.82) is 0 Å². The van der Waals surface area contributed by atoms with Gasteiger partial charge in [0.1, 0.15) is 30.5 Å². The molecule has 1 heterocycles. The summed E-state index contributed by atoms with van der Waals surface area (Å²) in [4.78, 5) is 24.9. The van der Waals surface area contributed by atoms with Crippen LogP contribution in [0.5, 0.6) is 0 Å². The molecule has 1 rings (SSSR count). The molecule has 1 aliphatic heterocycles. The lowest BCUT2D eigenvalue weighted by atomic mass is 9.98. The number of aliphatic hydroxyl groups is 6. The lowest BCUT2D eigenvalue weighted by Gasteiger charge is -2.40. The molecule has 0 aliphatic carbocycles. The monoisotopic (exact) mass is 867 g/mol. The summed E-state index contributed by atoms with van der Waals surface area (Å²) in [5, 5.41) is 69.1. The van der Waals surface area contributed by atoms with E-state index >= 15 is 0 Å². The van der Waals surface area contributed by atoms with Crippen molar-refractivity contribution in [1.82, 2.24) is 10.6 Å². The van der Waals surface area contributed by atoms with Gasteiger partial charge in [0.25, 0.3) is 0 Å². The molecule has 12 nitrogen and oxygen atoms in total. The minimum atomic E-state index is -1.62. The van der Waals surface area contributed by atoms with Crippen molar-refractivity contribution in [3.05, 3.63) is 0 Å². The van der Waals surface area contributed by atoms with E-state index in [0.29, 0.717) is 19.3 Å². The molecule has 0 radical (unpaired) electrons. The molecule has 0 spiro atoms. The van der Waals surface area contributed by atoms with Crippen LogP contribution in [0.15, 0.2) is 0 Å². The molecule has 13 heteroatoms. The molecular formula is C43H83BrN2O10. The molecule has 0 bridgehead atoms. The van der Waals surface area contributed by atoms with Crippen LogP contribution in [0.25, 0.3) is 0 Å². The highest BCUT2D eigenvalue weighted by Gasteiger charge is 2.44. The van der Waals surface area contributed by atoms with E-state index in [1.165, 1.54) is 57.8 Å². The first-order valence-electron chi connectivity index (χ1n) is 22.6. The quantitative estimate of drug-likeness (QED) is 0.0252. The van der Waals surface area contributed by atoms with E-state index in [1.807, 2.05) is 0 Å². The molecule has 56 heavy (non-hydrogen) atoms. The van der Waals surface area contributed by atoms with Crippen LogP contribution in [0.3, 0.4) is 0 Å². The third-order valence-electron chi connectivity index (χ3n) is 11.0. The summed E-state index contributed by atoms with van der Waals surface area (Å²) in [7, 11) is 0. The van der Waals surface area contributed by atoms with E-state index in [-0.39, 0.29) is 24.8 Å². The Morgan fingerprint density at radius 1 is 0.643 bits per heavy atom. The zero-order chi connectivity index (χ0) is 41.2. The number of carbonyl (C=O) groups is 2. The average molecular weight is 868 g/mol. The van der Waals surface area contributed by atoms with Gasteiger partial charge in [-0.05, 0) is 32.1 Å². The highest BCUT2D eigenvalue weighted by atomic mass is 79.9. The van der Waals surface area contributed by atoms with Crippen molar-refractivity contribution in [2.45, 2.75) is 236 Å². The maximum Gasteiger partial charge on any atom is 0.220 e. The topological polar surface area (TPSA) is 198 Å². The number of aliphatic hydroxyl groups excluding tert-OH is 6. The van der Waals surface area contributed by atoms with Crippen LogP contribution in [-0.4, -0.2) is 116 Å². The molecule has 1 aliphatic rings. The Labute approximate surface area is 347 Å². The average Bonchev–Trinajstić information content (AvgIpc) is 3.19. The van der Waals surface area contributed by atoms with Gasteiger partial charge in [-0.15, -0.1) is 0 Å². The van der Waals surface area contributed by atoms with Gasteiger partial charge in [0, 0.05) is 24.7 Å². The smallest absolute Gasteiger partial charge is 0.220 e. The summed E-state index contributed by atoms with van der Waals surface area (Å²) < 4.78 is 11.1. The summed E-state index contributed by atoms with van der Waals surface area (Å²) in [5.41, 5.74) is 0. The van der Waals surface area contributed by atoms with E-state index in [4.69, 9.17) is 9.47 Å². The number of halogens is 1. The van der Waals surface area contributed by atoms with E-state index in [1.54, 1.807) is 0 Å². The third-order valence-corrected chi connectivity index (χ3v) is 11.5. The van der Waals surface area contributed by atoms with Gasteiger partial charge in [0.05, 0.1) is 25.4 Å². The Kier molecular flexibility index (Phi) is 34.1. The molecule has 0 aromatic carbocycles. The Morgan fingerprint density at radius 2 is 1.12 bits per heavy atom. The molecule has 8 atom stereocenters. The van der Waals surface area contributed by atoms with E-state index < -0.39 is 55.6 Å². The summed E-state index contributed by atoms with van der Waals surface area (Å²) in [6.07, 6.45) is 19.3. The third kappa shape index (κ3) is 26.3. The van der Waals surface area contributed by atoms with Crippen molar-refractivity contribution in [2.75, 3.05) is 25.1 Å². The Morgan fingerprint density at radius 3 is 1.66 bits per heavy atom. The van der Waals surface area contributed by atoms with Crippen molar-refractivity contribution in [2.24, 2.45) is 0 Å². The minimum Gasteiger partial charge on any atom is -0.394 e. The predicted molar refractivity (Wildman–Crippen MR) is 225 cm³/mol. The van der Waals surface area contributed by atoms with Crippen molar-refractivity contribution < 1.29 is 49.7 Å². The standard InChI is InChI=1S/C43H83BrN2O10/c1-2-3-4-5-6-7-8-9-11-14-17-22-27-35(48)39(51)34(33-55-43-42(54)41(53)40(52)36(32-47)56-43)46-38(50)29-24-18-15-12-10-13-16-21-26-31-45-37(49)28-23-19-20-25-30-44/h34-36,39-43,47-48,51-54H,2-33H2,1H3,(H,45,49)(H,46,50)/t34?,35?,36-,39?,40+,41+,42-,43+/m1/s1. The van der Waals surface area contributed by atoms with Crippen LogP contribution in [0, 0.1) is 0 Å². The number of carbonyl (C=O) groups excluding carboxylic acids is 2. The number of amides is 2. The lowest BCUT2D eigenvalue weighted by Crippen LogP contribution is -2.60. The number of nitrogens with one attached hydrogen (secondary N) is 2. The Bertz CT molecular complexity index is 935. The summed E-state index contributed by atoms with van der Waals surface area (Å²) in [5.74, 6) is -0.126. The van der Waals surface area contributed by atoms with Gasteiger partial charge in [0.15, 0.2) is 6.29 Å². The lowest BCUT2D eigenvalue weighted by molar-refractivity contribution is -0.303. The van der Waals surface area contributed by atoms with Crippen molar-refractivity contribution >= 4 is 27.7 Å². The fraction of sp³-hybridized carbons (Fsp3) is 0.953. The van der Waals surface area contributed by atoms with Crippen LogP contribution in [0.1, 0.15) is 187 Å². The number of rotatable bonds is 38. The zero-order valence-electron chi connectivity index (χ0n) is 34.9. The normalized spacial score (nSPS) is 21.5. The molecule has 0 aromatic rings. The first-order valence-corrected chi connectivity index (χ1v) is 23.7. The van der Waals surface area contributed by atoms with Gasteiger partial charge >= 0.3 is 0 Å². The van der Waals surface area contributed by atoms with E-state index in [2.05, 4.69) is 33.5 Å². The Balaban J connectivity index is 2.38. The molecule has 1 saturated heterocycles. The molecule has 3 unspecified atom stereocenters. The number of ether oxygens (including phenoxy) is 2. The first kappa shape index (κ1) is 53.1. The zero-order valence-corrected chi connectivity index (χ0v) is 36.5. The van der Waals surface area contributed by atoms with Crippen LogP contribution < -0.4 is 10.6 Å². The van der Waals surface area contributed by atoms with E-state index in [0.717, 1.165) is 108 Å². The molecule has 332 valence electrons. The van der Waals surface area contributed by atoms with Crippen LogP contribution in [0.2, 0.25) is 0 Å². The van der Waals surface area contributed by atoms with Crippen LogP contribution in [0.4, 0.5) is 0 Å². The van der Waals surface area contributed by atoms with Gasteiger partial charge in [-0.2, -0.15) is 0 Å². The van der Waals surface area contributed by atoms with E-state index in [9.17, 15) is 40.2 Å². The minimum absolute atomic E-state index is 0.160. The summed E-state index contributed by atoms with van der Waals surface area (Å²) >= 11 is 3.43. The number of hydrogen-bond acceptors (Lipinski definition) is 10. The molecule has 8 N–H and O–H groups in total. The summed E-state index contributed by atoms with van der Waals surface area (Å²) in [6, 6.07) is -1.01. The first-order chi connectivity index (χ1) is 27.2.